The van der Waals surface area contributed by atoms with E-state index >= 15 is 0 Å². The van der Waals surface area contributed by atoms with Crippen LogP contribution in [0.15, 0.2) is 35.2 Å². The molecule has 6 nitrogen and oxygen atoms in total. The van der Waals surface area contributed by atoms with Gasteiger partial charge in [0.2, 0.25) is 5.78 Å². The molecule has 0 bridgehead atoms. The number of carbonyl (C=O) groups is 1. The first-order chi connectivity index (χ1) is 11.0. The largest absolute Gasteiger partial charge is 0.287 e. The summed E-state index contributed by atoms with van der Waals surface area (Å²) < 4.78 is 17.6. The van der Waals surface area contributed by atoms with E-state index < -0.39 is 0 Å². The van der Waals surface area contributed by atoms with Crippen LogP contribution in [0.4, 0.5) is 4.39 Å². The van der Waals surface area contributed by atoms with Gasteiger partial charge in [0.05, 0.1) is 23.6 Å². The minimum atomic E-state index is -0.349. The molecule has 9 heteroatoms. The van der Waals surface area contributed by atoms with Crippen LogP contribution in [0.3, 0.4) is 0 Å². The number of rotatable bonds is 4. The Morgan fingerprint density at radius 3 is 2.83 bits per heavy atom. The highest BCUT2D eigenvalue weighted by Gasteiger charge is 2.22. The van der Waals surface area contributed by atoms with Gasteiger partial charge >= 0.3 is 0 Å². The molecule has 0 aliphatic heterocycles. The van der Waals surface area contributed by atoms with Gasteiger partial charge in [0.15, 0.2) is 0 Å². The van der Waals surface area contributed by atoms with Crippen molar-refractivity contribution < 1.29 is 9.18 Å². The number of hydrogen-bond acceptors (Lipinski definition) is 4. The number of carbonyl (C=O) groups excluding carboxylic acids is 1. The molecule has 3 rings (SSSR count). The Balaban J connectivity index is 2.07. The lowest BCUT2D eigenvalue weighted by Gasteiger charge is -2.07. The van der Waals surface area contributed by atoms with Gasteiger partial charge in [0.1, 0.15) is 16.1 Å². The lowest BCUT2D eigenvalue weighted by Crippen LogP contribution is -2.11. The van der Waals surface area contributed by atoms with Crippen molar-refractivity contribution in [3.05, 3.63) is 55.8 Å². The third-order valence-corrected chi connectivity index (χ3v) is 4.94. The average Bonchev–Trinajstić information content (AvgIpc) is 3.13. The van der Waals surface area contributed by atoms with Gasteiger partial charge in [0.25, 0.3) is 0 Å². The van der Waals surface area contributed by atoms with Gasteiger partial charge in [-0.05, 0) is 63.6 Å². The fourth-order valence-corrected chi connectivity index (χ4v) is 3.43. The molecule has 118 valence electrons. The summed E-state index contributed by atoms with van der Waals surface area (Å²) in [6.45, 7) is 2.57. The molecule has 0 saturated carbocycles. The highest BCUT2D eigenvalue weighted by molar-refractivity contribution is 14.1. The van der Waals surface area contributed by atoms with E-state index in [1.54, 1.807) is 10.7 Å². The molecule has 0 unspecified atom stereocenters. The number of aryl methyl sites for hydroxylation is 1. The van der Waals surface area contributed by atoms with Crippen molar-refractivity contribution >= 4 is 44.3 Å². The van der Waals surface area contributed by atoms with Gasteiger partial charge in [-0.2, -0.15) is 5.10 Å². The predicted octanol–water partition coefficient (Wildman–Crippen LogP) is 3.22. The van der Waals surface area contributed by atoms with E-state index in [1.165, 1.54) is 29.2 Å². The Hall–Kier alpha value is -1.62. The summed E-state index contributed by atoms with van der Waals surface area (Å²) in [5, 5.41) is 11.9. The molecule has 2 aromatic heterocycles. The van der Waals surface area contributed by atoms with Crippen molar-refractivity contribution in [3.8, 4) is 5.69 Å². The van der Waals surface area contributed by atoms with E-state index in [0.717, 1.165) is 0 Å². The predicted molar refractivity (Wildman–Crippen MR) is 93.1 cm³/mol. The lowest BCUT2D eigenvalue weighted by atomic mass is 10.2. The maximum atomic E-state index is 13.3. The van der Waals surface area contributed by atoms with Crippen LogP contribution in [0.25, 0.3) is 5.69 Å². The zero-order valence-corrected chi connectivity index (χ0v) is 15.6. The van der Waals surface area contributed by atoms with Crippen LogP contribution in [0.5, 0.6) is 0 Å². The number of hydrogen-bond donors (Lipinski definition) is 0. The molecular formula is C14H10BrFIN5O. The molecule has 0 radical (unpaired) electrons. The van der Waals surface area contributed by atoms with Crippen LogP contribution in [0.1, 0.15) is 23.0 Å². The summed E-state index contributed by atoms with van der Waals surface area (Å²) in [6.07, 6.45) is 2.89. The molecule has 2 heterocycles. The first kappa shape index (κ1) is 16.2. The van der Waals surface area contributed by atoms with Gasteiger partial charge in [-0.3, -0.25) is 9.48 Å². The van der Waals surface area contributed by atoms with Crippen LogP contribution in [-0.2, 0) is 6.54 Å². The van der Waals surface area contributed by atoms with E-state index in [4.69, 9.17) is 0 Å². The number of halogens is 3. The van der Waals surface area contributed by atoms with E-state index in [-0.39, 0.29) is 17.3 Å². The SMILES string of the molecule is CCn1ncc(C(=O)c2cnnn2-c2ccc(F)cc2I)c1Br. The highest BCUT2D eigenvalue weighted by atomic mass is 127. The lowest BCUT2D eigenvalue weighted by molar-refractivity contribution is 0.103. The fourth-order valence-electron chi connectivity index (χ4n) is 2.10. The zero-order valence-electron chi connectivity index (χ0n) is 11.9. The average molecular weight is 490 g/mol. The van der Waals surface area contributed by atoms with Crippen molar-refractivity contribution in [2.75, 3.05) is 0 Å². The number of ketones is 1. The molecule has 3 aromatic rings. The minimum absolute atomic E-state index is 0.262. The minimum Gasteiger partial charge on any atom is -0.287 e. The third-order valence-electron chi connectivity index (χ3n) is 3.24. The Labute approximate surface area is 152 Å². The van der Waals surface area contributed by atoms with E-state index in [9.17, 15) is 9.18 Å². The van der Waals surface area contributed by atoms with Crippen LogP contribution in [0, 0.1) is 9.39 Å². The maximum Gasteiger partial charge on any atom is 0.217 e. The molecule has 0 spiro atoms. The number of nitrogens with zero attached hydrogens (tertiary/aromatic N) is 5. The van der Waals surface area contributed by atoms with Gasteiger partial charge in [-0.25, -0.2) is 9.07 Å². The van der Waals surface area contributed by atoms with Gasteiger partial charge in [-0.15, -0.1) is 5.10 Å². The molecular weight excluding hydrogens is 480 g/mol. The summed E-state index contributed by atoms with van der Waals surface area (Å²) in [7, 11) is 0. The van der Waals surface area contributed by atoms with E-state index in [0.29, 0.717) is 26.0 Å². The summed E-state index contributed by atoms with van der Waals surface area (Å²) in [4.78, 5) is 12.8. The molecule has 0 saturated heterocycles. The number of benzene rings is 1. The quantitative estimate of drug-likeness (QED) is 0.417. The summed E-state index contributed by atoms with van der Waals surface area (Å²) in [5.41, 5.74) is 1.30. The van der Waals surface area contributed by atoms with Gasteiger partial charge < -0.3 is 0 Å². The first-order valence-corrected chi connectivity index (χ1v) is 8.52. The molecule has 0 amide bonds. The molecule has 0 N–H and O–H groups in total. The second kappa shape index (κ2) is 6.48. The maximum absolute atomic E-state index is 13.3. The Kier molecular flexibility index (Phi) is 4.57. The Bertz CT molecular complexity index is 891. The first-order valence-electron chi connectivity index (χ1n) is 6.65. The topological polar surface area (TPSA) is 65.6 Å². The van der Waals surface area contributed by atoms with Crippen LogP contribution < -0.4 is 0 Å². The zero-order chi connectivity index (χ0) is 16.6. The molecule has 0 aliphatic rings. The van der Waals surface area contributed by atoms with Crippen LogP contribution in [0.2, 0.25) is 0 Å². The summed E-state index contributed by atoms with van der Waals surface area (Å²) in [5.74, 6) is -0.611. The molecule has 0 fully saturated rings. The van der Waals surface area contributed by atoms with Crippen LogP contribution >= 0.6 is 38.5 Å². The van der Waals surface area contributed by atoms with E-state index in [1.807, 2.05) is 29.5 Å². The third kappa shape index (κ3) is 2.94. The summed E-state index contributed by atoms with van der Waals surface area (Å²) >= 11 is 5.37. The normalized spacial score (nSPS) is 11.0. The van der Waals surface area contributed by atoms with Crippen molar-refractivity contribution in [1.82, 2.24) is 24.8 Å². The van der Waals surface area contributed by atoms with Crippen molar-refractivity contribution in [1.29, 1.82) is 0 Å². The number of aromatic nitrogens is 5. The fraction of sp³-hybridized carbons (Fsp3) is 0.143. The molecule has 1 aromatic carbocycles. The second-order valence-electron chi connectivity index (χ2n) is 4.62. The van der Waals surface area contributed by atoms with E-state index in [2.05, 4.69) is 31.3 Å². The Morgan fingerprint density at radius 1 is 1.39 bits per heavy atom. The molecule has 23 heavy (non-hydrogen) atoms. The smallest absolute Gasteiger partial charge is 0.217 e. The second-order valence-corrected chi connectivity index (χ2v) is 6.53. The van der Waals surface area contributed by atoms with Gasteiger partial charge in [-0.1, -0.05) is 5.21 Å². The van der Waals surface area contributed by atoms with Crippen molar-refractivity contribution in [2.45, 2.75) is 13.5 Å². The van der Waals surface area contributed by atoms with Crippen LogP contribution in [-0.4, -0.2) is 30.6 Å². The molecule has 0 atom stereocenters. The van der Waals surface area contributed by atoms with Crippen molar-refractivity contribution in [2.24, 2.45) is 0 Å². The highest BCUT2D eigenvalue weighted by Crippen LogP contribution is 2.23. The Morgan fingerprint density at radius 2 is 2.17 bits per heavy atom. The monoisotopic (exact) mass is 489 g/mol. The standard InChI is InChI=1S/C14H10BrFIN5O/c1-2-21-14(15)9(6-19-21)13(23)12-7-18-20-22(12)11-4-3-8(16)5-10(11)17/h3-7H,2H2,1H3. The molecule has 0 aliphatic carbocycles. The summed E-state index contributed by atoms with van der Waals surface area (Å²) in [6, 6.07) is 4.25. The van der Waals surface area contributed by atoms with Crippen molar-refractivity contribution in [3.63, 3.8) is 0 Å². The van der Waals surface area contributed by atoms with Gasteiger partial charge in [0, 0.05) is 10.1 Å².